The number of ether oxygens (including phenoxy) is 3. The first-order valence-electron chi connectivity index (χ1n) is 7.68. The quantitative estimate of drug-likeness (QED) is 0.853. The van der Waals surface area contributed by atoms with E-state index in [0.717, 1.165) is 28.4 Å². The molecule has 4 rings (SSSR count). The lowest BCUT2D eigenvalue weighted by atomic mass is 10.1. The Morgan fingerprint density at radius 2 is 2.08 bits per heavy atom. The van der Waals surface area contributed by atoms with Gasteiger partial charge in [-0.25, -0.2) is 0 Å². The molecule has 2 aliphatic heterocycles. The summed E-state index contributed by atoms with van der Waals surface area (Å²) in [7, 11) is 1.65. The van der Waals surface area contributed by atoms with Crippen molar-refractivity contribution in [2.45, 2.75) is 11.9 Å². The van der Waals surface area contributed by atoms with Gasteiger partial charge in [-0.05, 0) is 35.4 Å². The van der Waals surface area contributed by atoms with Gasteiger partial charge in [-0.2, -0.15) is 0 Å². The summed E-state index contributed by atoms with van der Waals surface area (Å²) in [4.78, 5) is 14.3. The highest BCUT2D eigenvalue weighted by Crippen LogP contribution is 2.41. The molecular formula is C18H17NO4S. The molecule has 0 radical (unpaired) electrons. The van der Waals surface area contributed by atoms with Crippen molar-refractivity contribution in [3.05, 3.63) is 53.6 Å². The SMILES string of the molecule is COc1cccc(C2SCC(=O)N2Cc2ccc3c(c2)OCO3)c1. The number of carbonyl (C=O) groups is 1. The molecule has 2 aromatic carbocycles. The topological polar surface area (TPSA) is 48.0 Å². The molecule has 0 saturated carbocycles. The van der Waals surface area contributed by atoms with E-state index in [1.807, 2.05) is 47.4 Å². The summed E-state index contributed by atoms with van der Waals surface area (Å²) in [5.74, 6) is 2.93. The van der Waals surface area contributed by atoms with Crippen molar-refractivity contribution >= 4 is 17.7 Å². The van der Waals surface area contributed by atoms with Gasteiger partial charge in [0.1, 0.15) is 11.1 Å². The molecule has 0 aromatic heterocycles. The minimum Gasteiger partial charge on any atom is -0.497 e. The number of rotatable bonds is 4. The molecule has 2 aliphatic rings. The Kier molecular flexibility index (Phi) is 3.98. The Morgan fingerprint density at radius 3 is 2.96 bits per heavy atom. The van der Waals surface area contributed by atoms with E-state index in [1.54, 1.807) is 18.9 Å². The zero-order chi connectivity index (χ0) is 16.5. The zero-order valence-electron chi connectivity index (χ0n) is 13.2. The van der Waals surface area contributed by atoms with E-state index in [9.17, 15) is 4.79 Å². The third-order valence-corrected chi connectivity index (χ3v) is 5.39. The molecule has 0 N–H and O–H groups in total. The van der Waals surface area contributed by atoms with Gasteiger partial charge >= 0.3 is 0 Å². The van der Waals surface area contributed by atoms with Crippen LogP contribution in [0.4, 0.5) is 0 Å². The highest BCUT2D eigenvalue weighted by atomic mass is 32.2. The summed E-state index contributed by atoms with van der Waals surface area (Å²) < 4.78 is 16.1. The first-order chi connectivity index (χ1) is 11.7. The molecule has 1 amide bonds. The first kappa shape index (κ1) is 15.2. The fourth-order valence-corrected chi connectivity index (χ4v) is 4.11. The molecule has 0 aliphatic carbocycles. The molecule has 5 nitrogen and oxygen atoms in total. The smallest absolute Gasteiger partial charge is 0.234 e. The predicted octanol–water partition coefficient (Wildman–Crippen LogP) is 3.20. The van der Waals surface area contributed by atoms with Gasteiger partial charge in [0.2, 0.25) is 12.7 Å². The molecular weight excluding hydrogens is 326 g/mol. The average molecular weight is 343 g/mol. The van der Waals surface area contributed by atoms with Crippen LogP contribution in [-0.2, 0) is 11.3 Å². The Balaban J connectivity index is 1.59. The largest absolute Gasteiger partial charge is 0.497 e. The standard InChI is InChI=1S/C18H17NO4S/c1-21-14-4-2-3-13(8-14)18-19(17(20)10-24-18)9-12-5-6-15-16(7-12)23-11-22-15/h2-8,18H,9-11H2,1H3. The average Bonchev–Trinajstić information content (AvgIpc) is 3.22. The van der Waals surface area contributed by atoms with Gasteiger partial charge in [0.25, 0.3) is 0 Å². The number of nitrogens with zero attached hydrogens (tertiary/aromatic N) is 1. The Hall–Kier alpha value is -2.34. The van der Waals surface area contributed by atoms with Crippen LogP contribution in [-0.4, -0.2) is 30.5 Å². The second kappa shape index (κ2) is 6.28. The number of thioether (sulfide) groups is 1. The molecule has 2 aromatic rings. The van der Waals surface area contributed by atoms with Gasteiger partial charge < -0.3 is 19.1 Å². The summed E-state index contributed by atoms with van der Waals surface area (Å²) in [6.07, 6.45) is 0. The van der Waals surface area contributed by atoms with E-state index in [2.05, 4.69) is 0 Å². The van der Waals surface area contributed by atoms with Gasteiger partial charge in [-0.15, -0.1) is 11.8 Å². The molecule has 1 unspecified atom stereocenters. The summed E-state index contributed by atoms with van der Waals surface area (Å²) in [5, 5.41) is -0.00183. The lowest BCUT2D eigenvalue weighted by Crippen LogP contribution is -2.27. The Labute approximate surface area is 144 Å². The zero-order valence-corrected chi connectivity index (χ0v) is 14.0. The maximum atomic E-state index is 12.4. The number of benzene rings is 2. The maximum Gasteiger partial charge on any atom is 0.234 e. The van der Waals surface area contributed by atoms with Gasteiger partial charge in [0.05, 0.1) is 12.9 Å². The molecule has 2 heterocycles. The second-order valence-corrected chi connectivity index (χ2v) is 6.72. The number of methoxy groups -OCH3 is 1. The Morgan fingerprint density at radius 1 is 1.21 bits per heavy atom. The number of hydrogen-bond acceptors (Lipinski definition) is 5. The minimum absolute atomic E-state index is 0.00183. The third-order valence-electron chi connectivity index (χ3n) is 4.14. The summed E-state index contributed by atoms with van der Waals surface area (Å²) in [5.41, 5.74) is 2.11. The van der Waals surface area contributed by atoms with E-state index < -0.39 is 0 Å². The highest BCUT2D eigenvalue weighted by molar-refractivity contribution is 8.00. The van der Waals surface area contributed by atoms with Crippen molar-refractivity contribution in [2.24, 2.45) is 0 Å². The molecule has 0 spiro atoms. The van der Waals surface area contributed by atoms with Gasteiger partial charge in [-0.3, -0.25) is 4.79 Å². The van der Waals surface area contributed by atoms with Crippen LogP contribution in [0.1, 0.15) is 16.5 Å². The second-order valence-electron chi connectivity index (χ2n) is 5.65. The van der Waals surface area contributed by atoms with E-state index in [-0.39, 0.29) is 18.1 Å². The van der Waals surface area contributed by atoms with E-state index in [1.165, 1.54) is 0 Å². The number of amides is 1. The van der Waals surface area contributed by atoms with Crippen LogP contribution < -0.4 is 14.2 Å². The highest BCUT2D eigenvalue weighted by Gasteiger charge is 2.33. The predicted molar refractivity (Wildman–Crippen MR) is 91.3 cm³/mol. The number of hydrogen-bond donors (Lipinski definition) is 0. The molecule has 124 valence electrons. The Bertz CT molecular complexity index is 779. The normalized spacial score (nSPS) is 19.0. The number of fused-ring (bicyclic) bond motifs is 1. The lowest BCUT2D eigenvalue weighted by molar-refractivity contribution is -0.128. The molecule has 1 atom stereocenters. The van der Waals surface area contributed by atoms with Crippen LogP contribution in [0.3, 0.4) is 0 Å². The van der Waals surface area contributed by atoms with Crippen molar-refractivity contribution < 1.29 is 19.0 Å². The fraction of sp³-hybridized carbons (Fsp3) is 0.278. The van der Waals surface area contributed by atoms with E-state index in [0.29, 0.717) is 12.3 Å². The summed E-state index contributed by atoms with van der Waals surface area (Å²) in [6.45, 7) is 0.800. The van der Waals surface area contributed by atoms with Crippen molar-refractivity contribution in [1.82, 2.24) is 4.90 Å². The summed E-state index contributed by atoms with van der Waals surface area (Å²) in [6, 6.07) is 13.7. The van der Waals surface area contributed by atoms with Crippen LogP contribution >= 0.6 is 11.8 Å². The van der Waals surface area contributed by atoms with Crippen molar-refractivity contribution in [1.29, 1.82) is 0 Å². The van der Waals surface area contributed by atoms with Crippen LogP contribution in [0.5, 0.6) is 17.2 Å². The van der Waals surface area contributed by atoms with Crippen LogP contribution in [0.15, 0.2) is 42.5 Å². The maximum absolute atomic E-state index is 12.4. The first-order valence-corrected chi connectivity index (χ1v) is 8.73. The van der Waals surface area contributed by atoms with Crippen molar-refractivity contribution in [2.75, 3.05) is 19.7 Å². The van der Waals surface area contributed by atoms with Crippen molar-refractivity contribution in [3.63, 3.8) is 0 Å². The van der Waals surface area contributed by atoms with Crippen LogP contribution in [0, 0.1) is 0 Å². The monoisotopic (exact) mass is 343 g/mol. The molecule has 0 bridgehead atoms. The molecule has 24 heavy (non-hydrogen) atoms. The fourth-order valence-electron chi connectivity index (χ4n) is 2.93. The third kappa shape index (κ3) is 2.78. The molecule has 6 heteroatoms. The lowest BCUT2D eigenvalue weighted by Gasteiger charge is -2.24. The van der Waals surface area contributed by atoms with Gasteiger partial charge in [0.15, 0.2) is 11.5 Å². The van der Waals surface area contributed by atoms with Gasteiger partial charge in [0, 0.05) is 6.54 Å². The van der Waals surface area contributed by atoms with Crippen molar-refractivity contribution in [3.8, 4) is 17.2 Å². The minimum atomic E-state index is -0.00183. The molecule has 1 fully saturated rings. The number of carbonyl (C=O) groups excluding carboxylic acids is 1. The van der Waals surface area contributed by atoms with Crippen LogP contribution in [0.2, 0.25) is 0 Å². The van der Waals surface area contributed by atoms with E-state index in [4.69, 9.17) is 14.2 Å². The molecule has 1 saturated heterocycles. The van der Waals surface area contributed by atoms with Crippen LogP contribution in [0.25, 0.3) is 0 Å². The summed E-state index contributed by atoms with van der Waals surface area (Å²) >= 11 is 1.64. The van der Waals surface area contributed by atoms with Gasteiger partial charge in [-0.1, -0.05) is 18.2 Å². The van der Waals surface area contributed by atoms with E-state index >= 15 is 0 Å².